The average Bonchev–Trinajstić information content (AvgIpc) is 2.57. The number of carbonyl (C=O) groups excluding carboxylic acids is 1. The van der Waals surface area contributed by atoms with E-state index in [2.05, 4.69) is 0 Å². The molecule has 1 aliphatic rings. The quantitative estimate of drug-likeness (QED) is 0.772. The lowest BCUT2D eigenvalue weighted by molar-refractivity contribution is 0.102. The summed E-state index contributed by atoms with van der Waals surface area (Å²) >= 11 is 5.86. The Bertz CT molecular complexity index is 951. The van der Waals surface area contributed by atoms with Crippen LogP contribution in [0.2, 0.25) is 5.02 Å². The van der Waals surface area contributed by atoms with Crippen molar-refractivity contribution in [2.75, 3.05) is 24.9 Å². The predicted molar refractivity (Wildman–Crippen MR) is 98.5 cm³/mol. The van der Waals surface area contributed by atoms with E-state index in [0.29, 0.717) is 21.8 Å². The molecular weight excluding hydrogens is 360 g/mol. The second-order valence-corrected chi connectivity index (χ2v) is 8.23. The van der Waals surface area contributed by atoms with Gasteiger partial charge in [-0.3, -0.25) is 9.10 Å². The summed E-state index contributed by atoms with van der Waals surface area (Å²) in [5.41, 5.74) is 1.18. The van der Waals surface area contributed by atoms with E-state index in [9.17, 15) is 13.2 Å². The number of fused-ring (bicyclic) bond motifs is 1. The summed E-state index contributed by atoms with van der Waals surface area (Å²) in [6.45, 7) is -0.0149. The van der Waals surface area contributed by atoms with Gasteiger partial charge in [-0.05, 0) is 36.4 Å². The minimum atomic E-state index is -3.82. The van der Waals surface area contributed by atoms with Crippen molar-refractivity contribution in [3.05, 3.63) is 70.9 Å². The Morgan fingerprint density at radius 2 is 1.72 bits per heavy atom. The van der Waals surface area contributed by atoms with Gasteiger partial charge in [0.2, 0.25) is 0 Å². The lowest BCUT2D eigenvalue weighted by atomic mass is 9.98. The highest BCUT2D eigenvalue weighted by molar-refractivity contribution is 7.92. The van der Waals surface area contributed by atoms with Crippen molar-refractivity contribution in [1.29, 1.82) is 0 Å². The first kappa shape index (κ1) is 17.5. The van der Waals surface area contributed by atoms with Crippen LogP contribution in [0.3, 0.4) is 0 Å². The normalized spacial score (nSPS) is 16.0. The van der Waals surface area contributed by atoms with Crippen LogP contribution in [0.15, 0.2) is 65.2 Å². The first-order chi connectivity index (χ1) is 11.8. The van der Waals surface area contributed by atoms with Gasteiger partial charge < -0.3 is 4.90 Å². The van der Waals surface area contributed by atoms with E-state index in [-0.39, 0.29) is 17.2 Å². The van der Waals surface area contributed by atoms with E-state index in [0.717, 1.165) is 0 Å². The zero-order valence-electron chi connectivity index (χ0n) is 13.8. The minimum absolute atomic E-state index is 0.0149. The van der Waals surface area contributed by atoms with E-state index in [1.54, 1.807) is 49.5 Å². The molecule has 1 heterocycles. The number of para-hydroxylation sites is 1. The smallest absolute Gasteiger partial charge is 0.264 e. The van der Waals surface area contributed by atoms with Gasteiger partial charge in [-0.1, -0.05) is 23.7 Å². The third kappa shape index (κ3) is 3.27. The van der Waals surface area contributed by atoms with Crippen LogP contribution >= 0.6 is 11.6 Å². The maximum Gasteiger partial charge on any atom is 0.264 e. The molecule has 0 N–H and O–H groups in total. The Morgan fingerprint density at radius 1 is 1.08 bits per heavy atom. The number of ketones is 1. The maximum atomic E-state index is 13.1. The molecule has 3 rings (SSSR count). The molecule has 5 nitrogen and oxygen atoms in total. The van der Waals surface area contributed by atoms with Gasteiger partial charge in [-0.25, -0.2) is 8.42 Å². The van der Waals surface area contributed by atoms with Crippen LogP contribution in [0.5, 0.6) is 0 Å². The van der Waals surface area contributed by atoms with Crippen LogP contribution in [-0.2, 0) is 10.0 Å². The number of benzene rings is 2. The molecule has 0 atom stereocenters. The summed E-state index contributed by atoms with van der Waals surface area (Å²) in [7, 11) is -0.240. The van der Waals surface area contributed by atoms with Crippen molar-refractivity contribution in [2.24, 2.45) is 0 Å². The van der Waals surface area contributed by atoms with Gasteiger partial charge in [0.05, 0.1) is 17.1 Å². The molecule has 2 aromatic carbocycles. The van der Waals surface area contributed by atoms with Gasteiger partial charge in [0, 0.05) is 36.5 Å². The maximum absolute atomic E-state index is 13.1. The Balaban J connectivity index is 2.16. The minimum Gasteiger partial charge on any atom is -0.383 e. The van der Waals surface area contributed by atoms with Crippen molar-refractivity contribution in [3.63, 3.8) is 0 Å². The van der Waals surface area contributed by atoms with E-state index < -0.39 is 10.0 Å². The highest BCUT2D eigenvalue weighted by Crippen LogP contribution is 2.34. The zero-order valence-corrected chi connectivity index (χ0v) is 15.4. The molecule has 130 valence electrons. The summed E-state index contributed by atoms with van der Waals surface area (Å²) in [5, 5.41) is 0.460. The number of hydrogen-bond acceptors (Lipinski definition) is 4. The van der Waals surface area contributed by atoms with Gasteiger partial charge >= 0.3 is 0 Å². The molecule has 0 saturated carbocycles. The van der Waals surface area contributed by atoms with Crippen LogP contribution in [-0.4, -0.2) is 39.7 Å². The molecule has 0 unspecified atom stereocenters. The molecule has 0 amide bonds. The second kappa shape index (κ2) is 6.54. The van der Waals surface area contributed by atoms with Crippen LogP contribution in [0.25, 0.3) is 0 Å². The van der Waals surface area contributed by atoms with Crippen LogP contribution in [0.1, 0.15) is 10.4 Å². The van der Waals surface area contributed by atoms with E-state index in [1.807, 2.05) is 0 Å². The summed E-state index contributed by atoms with van der Waals surface area (Å²) in [6.07, 6.45) is 1.66. The number of Topliss-reactive ketones (excluding diaryl/α,β-unsaturated/α-hetero) is 1. The number of hydrogen-bond donors (Lipinski definition) is 0. The van der Waals surface area contributed by atoms with Gasteiger partial charge in [0.15, 0.2) is 5.78 Å². The molecule has 2 aromatic rings. The van der Waals surface area contributed by atoms with Crippen molar-refractivity contribution >= 4 is 33.1 Å². The number of nitrogens with zero attached hydrogens (tertiary/aromatic N) is 2. The SMILES string of the molecule is CN(C)C=C1CN(S(=O)(=O)c2ccc(Cl)cc2)c2ccccc2C1=O. The fraction of sp³-hybridized carbons (Fsp3) is 0.167. The molecule has 0 aromatic heterocycles. The van der Waals surface area contributed by atoms with Crippen molar-refractivity contribution in [1.82, 2.24) is 4.90 Å². The van der Waals surface area contributed by atoms with Crippen LogP contribution in [0, 0.1) is 0 Å². The lowest BCUT2D eigenvalue weighted by Crippen LogP contribution is -2.39. The Hall–Kier alpha value is -2.31. The number of anilines is 1. The Labute approximate surface area is 152 Å². The molecule has 7 heteroatoms. The summed E-state index contributed by atoms with van der Waals surface area (Å²) in [5.74, 6) is -0.160. The van der Waals surface area contributed by atoms with Gasteiger partial charge in [-0.2, -0.15) is 0 Å². The van der Waals surface area contributed by atoms with Crippen LogP contribution in [0.4, 0.5) is 5.69 Å². The van der Waals surface area contributed by atoms with Crippen molar-refractivity contribution in [3.8, 4) is 0 Å². The molecule has 0 saturated heterocycles. The van der Waals surface area contributed by atoms with Gasteiger partial charge in [0.25, 0.3) is 10.0 Å². The van der Waals surface area contributed by atoms with Crippen molar-refractivity contribution < 1.29 is 13.2 Å². The fourth-order valence-electron chi connectivity index (χ4n) is 2.73. The van der Waals surface area contributed by atoms with Gasteiger partial charge in [0.1, 0.15) is 0 Å². The molecule has 0 fully saturated rings. The Morgan fingerprint density at radius 3 is 2.36 bits per heavy atom. The molecule has 25 heavy (non-hydrogen) atoms. The van der Waals surface area contributed by atoms with Crippen LogP contribution < -0.4 is 4.31 Å². The first-order valence-corrected chi connectivity index (χ1v) is 9.41. The monoisotopic (exact) mass is 376 g/mol. The summed E-state index contributed by atoms with van der Waals surface area (Å²) < 4.78 is 27.5. The third-order valence-electron chi connectivity index (χ3n) is 3.84. The lowest BCUT2D eigenvalue weighted by Gasteiger charge is -2.31. The third-order valence-corrected chi connectivity index (χ3v) is 5.86. The standard InChI is InChI=1S/C18H17ClN2O3S/c1-20(2)11-13-12-21(17-6-4-3-5-16(17)18(13)22)25(23,24)15-9-7-14(19)8-10-15/h3-11H,12H2,1-2H3. The largest absolute Gasteiger partial charge is 0.383 e. The Kier molecular flexibility index (Phi) is 4.58. The molecule has 0 aliphatic carbocycles. The highest BCUT2D eigenvalue weighted by atomic mass is 35.5. The highest BCUT2D eigenvalue weighted by Gasteiger charge is 2.34. The van der Waals surface area contributed by atoms with E-state index in [4.69, 9.17) is 11.6 Å². The van der Waals surface area contributed by atoms with Crippen molar-refractivity contribution in [2.45, 2.75) is 4.90 Å². The van der Waals surface area contributed by atoms with Gasteiger partial charge in [-0.15, -0.1) is 0 Å². The molecule has 0 bridgehead atoms. The zero-order chi connectivity index (χ0) is 18.2. The molecule has 1 aliphatic heterocycles. The fourth-order valence-corrected chi connectivity index (χ4v) is 4.31. The van der Waals surface area contributed by atoms with E-state index in [1.165, 1.54) is 28.6 Å². The second-order valence-electron chi connectivity index (χ2n) is 5.93. The number of sulfonamides is 1. The average molecular weight is 377 g/mol. The molecule has 0 spiro atoms. The van der Waals surface area contributed by atoms with E-state index >= 15 is 0 Å². The molecular formula is C18H17ClN2O3S. The summed E-state index contributed by atoms with van der Waals surface area (Å²) in [4.78, 5) is 14.5. The first-order valence-electron chi connectivity index (χ1n) is 7.60. The molecule has 0 radical (unpaired) electrons. The number of halogens is 1. The number of rotatable bonds is 3. The predicted octanol–water partition coefficient (Wildman–Crippen LogP) is 3.18. The topological polar surface area (TPSA) is 57.7 Å². The summed E-state index contributed by atoms with van der Waals surface area (Å²) in [6, 6.07) is 12.7. The number of carbonyl (C=O) groups is 1.